The number of rotatable bonds is 4. The monoisotopic (exact) mass is 192 g/mol. The molecule has 0 bridgehead atoms. The van der Waals surface area contributed by atoms with Crippen molar-refractivity contribution in [2.75, 3.05) is 6.54 Å². The second-order valence-corrected chi connectivity index (χ2v) is 3.40. The van der Waals surface area contributed by atoms with E-state index in [0.29, 0.717) is 6.54 Å². The van der Waals surface area contributed by atoms with Gasteiger partial charge in [0.15, 0.2) is 0 Å². The highest BCUT2D eigenvalue weighted by Crippen LogP contribution is 2.12. The Morgan fingerprint density at radius 2 is 2.29 bits per heavy atom. The Morgan fingerprint density at radius 3 is 2.79 bits per heavy atom. The summed E-state index contributed by atoms with van der Waals surface area (Å²) in [6, 6.07) is 2.06. The molecule has 1 aromatic rings. The van der Waals surface area contributed by atoms with Crippen molar-refractivity contribution < 1.29 is 4.79 Å². The molecule has 0 unspecified atom stereocenters. The van der Waals surface area contributed by atoms with Crippen LogP contribution < -0.4 is 5.32 Å². The summed E-state index contributed by atoms with van der Waals surface area (Å²) in [6.07, 6.45) is 3.99. The van der Waals surface area contributed by atoms with Gasteiger partial charge in [0.05, 0.1) is 0 Å². The standard InChI is InChI=1S/C11H16N2O/c1-8-7-11(9(2)13-8)5-4-6-12-10(3)14/h7,13H,4,6H2,1-3H3,(H,12,14). The molecule has 0 aliphatic rings. The molecule has 0 atom stereocenters. The van der Waals surface area contributed by atoms with E-state index in [4.69, 9.17) is 0 Å². The summed E-state index contributed by atoms with van der Waals surface area (Å²) in [5.74, 6) is 0.00812. The number of aryl methyl sites for hydroxylation is 2. The lowest BCUT2D eigenvalue weighted by Crippen LogP contribution is -2.20. The van der Waals surface area contributed by atoms with Gasteiger partial charge in [0.2, 0.25) is 5.91 Å². The highest BCUT2D eigenvalue weighted by Gasteiger charge is 2.02. The van der Waals surface area contributed by atoms with Gasteiger partial charge in [-0.2, -0.15) is 0 Å². The molecule has 14 heavy (non-hydrogen) atoms. The van der Waals surface area contributed by atoms with Crippen LogP contribution in [0.5, 0.6) is 0 Å². The first kappa shape index (κ1) is 10.8. The maximum atomic E-state index is 10.6. The van der Waals surface area contributed by atoms with E-state index in [0.717, 1.165) is 23.4 Å². The van der Waals surface area contributed by atoms with Crippen molar-refractivity contribution in [1.82, 2.24) is 10.3 Å². The van der Waals surface area contributed by atoms with E-state index in [-0.39, 0.29) is 5.91 Å². The van der Waals surface area contributed by atoms with Crippen LogP contribution in [-0.4, -0.2) is 17.4 Å². The van der Waals surface area contributed by atoms with Crippen LogP contribution in [0.1, 0.15) is 30.3 Å². The van der Waals surface area contributed by atoms with Crippen molar-refractivity contribution >= 4 is 5.91 Å². The molecule has 0 spiro atoms. The van der Waals surface area contributed by atoms with Gasteiger partial charge in [0.25, 0.3) is 0 Å². The molecule has 76 valence electrons. The molecule has 0 aliphatic heterocycles. The van der Waals surface area contributed by atoms with E-state index in [1.54, 1.807) is 0 Å². The van der Waals surface area contributed by atoms with Crippen LogP contribution in [0.2, 0.25) is 0 Å². The van der Waals surface area contributed by atoms with Gasteiger partial charge in [-0.15, -0.1) is 0 Å². The summed E-state index contributed by atoms with van der Waals surface area (Å²) in [5, 5.41) is 2.73. The zero-order chi connectivity index (χ0) is 10.6. The predicted molar refractivity (Wildman–Crippen MR) is 55.9 cm³/mol. The second kappa shape index (κ2) is 4.84. The summed E-state index contributed by atoms with van der Waals surface area (Å²) in [5.41, 5.74) is 3.38. The minimum Gasteiger partial charge on any atom is -0.362 e. The molecular formula is C11H16N2O. The SMILES string of the molecule is CC(=O)NCC[C]c1cc(C)[nH]c1C. The fourth-order valence-electron chi connectivity index (χ4n) is 1.34. The van der Waals surface area contributed by atoms with Gasteiger partial charge in [-0.05, 0) is 31.9 Å². The van der Waals surface area contributed by atoms with E-state index < -0.39 is 0 Å². The van der Waals surface area contributed by atoms with Gasteiger partial charge in [0.1, 0.15) is 0 Å². The number of aromatic amines is 1. The molecule has 0 saturated heterocycles. The molecule has 1 rings (SSSR count). The fraction of sp³-hybridized carbons (Fsp3) is 0.455. The first-order chi connectivity index (χ1) is 6.59. The third-order valence-corrected chi connectivity index (χ3v) is 1.96. The van der Waals surface area contributed by atoms with Gasteiger partial charge in [-0.1, -0.05) is 0 Å². The van der Waals surface area contributed by atoms with Crippen LogP contribution in [0.3, 0.4) is 0 Å². The number of nitrogens with one attached hydrogen (secondary N) is 2. The molecule has 2 N–H and O–H groups in total. The van der Waals surface area contributed by atoms with E-state index in [9.17, 15) is 4.79 Å². The van der Waals surface area contributed by atoms with Crippen molar-refractivity contribution in [1.29, 1.82) is 0 Å². The Morgan fingerprint density at radius 1 is 1.57 bits per heavy atom. The maximum absolute atomic E-state index is 10.6. The Bertz CT molecular complexity index is 315. The largest absolute Gasteiger partial charge is 0.362 e. The number of hydrogen-bond acceptors (Lipinski definition) is 1. The fourth-order valence-corrected chi connectivity index (χ4v) is 1.34. The number of hydrogen-bond donors (Lipinski definition) is 2. The number of aromatic nitrogens is 1. The van der Waals surface area contributed by atoms with Crippen LogP contribution in [-0.2, 0) is 4.79 Å². The lowest BCUT2D eigenvalue weighted by Gasteiger charge is -2.00. The summed E-state index contributed by atoms with van der Waals surface area (Å²) in [7, 11) is 0. The molecule has 1 aromatic heterocycles. The minimum absolute atomic E-state index is 0.00812. The molecule has 1 amide bonds. The van der Waals surface area contributed by atoms with Crippen LogP contribution >= 0.6 is 0 Å². The number of H-pyrrole nitrogens is 1. The molecule has 0 saturated carbocycles. The summed E-state index contributed by atoms with van der Waals surface area (Å²) in [6.45, 7) is 6.21. The first-order valence-corrected chi connectivity index (χ1v) is 4.74. The van der Waals surface area contributed by atoms with Crippen LogP contribution in [0.25, 0.3) is 0 Å². The quantitative estimate of drug-likeness (QED) is 0.699. The Hall–Kier alpha value is -1.25. The minimum atomic E-state index is 0.00812. The average Bonchev–Trinajstić information content (AvgIpc) is 2.39. The van der Waals surface area contributed by atoms with Crippen LogP contribution in [0, 0.1) is 20.3 Å². The van der Waals surface area contributed by atoms with E-state index in [1.807, 2.05) is 13.8 Å². The van der Waals surface area contributed by atoms with Gasteiger partial charge in [-0.3, -0.25) is 4.79 Å². The van der Waals surface area contributed by atoms with E-state index >= 15 is 0 Å². The topological polar surface area (TPSA) is 44.9 Å². The molecule has 0 fully saturated rings. The van der Waals surface area contributed by atoms with Crippen molar-refractivity contribution in [3.05, 3.63) is 29.4 Å². The van der Waals surface area contributed by atoms with E-state index in [1.165, 1.54) is 6.92 Å². The van der Waals surface area contributed by atoms with Gasteiger partial charge < -0.3 is 10.3 Å². The van der Waals surface area contributed by atoms with Crippen LogP contribution in [0.4, 0.5) is 0 Å². The maximum Gasteiger partial charge on any atom is 0.216 e. The first-order valence-electron chi connectivity index (χ1n) is 4.74. The summed E-state index contributed by atoms with van der Waals surface area (Å²) in [4.78, 5) is 13.8. The third kappa shape index (κ3) is 3.24. The zero-order valence-electron chi connectivity index (χ0n) is 8.90. The molecule has 1 heterocycles. The number of carbonyl (C=O) groups excluding carboxylic acids is 1. The predicted octanol–water partition coefficient (Wildman–Crippen LogP) is 1.59. The summed E-state index contributed by atoms with van der Waals surface area (Å²) >= 11 is 0. The number of carbonyl (C=O) groups is 1. The van der Waals surface area contributed by atoms with Crippen molar-refractivity contribution in [3.63, 3.8) is 0 Å². The van der Waals surface area contributed by atoms with Crippen molar-refractivity contribution in [3.8, 4) is 0 Å². The molecule has 2 radical (unpaired) electrons. The molecular weight excluding hydrogens is 176 g/mol. The highest BCUT2D eigenvalue weighted by molar-refractivity contribution is 5.72. The van der Waals surface area contributed by atoms with Gasteiger partial charge >= 0.3 is 0 Å². The smallest absolute Gasteiger partial charge is 0.216 e. The molecule has 3 heteroatoms. The zero-order valence-corrected chi connectivity index (χ0v) is 8.90. The molecule has 0 aromatic carbocycles. The molecule has 0 aliphatic carbocycles. The average molecular weight is 192 g/mol. The Kier molecular flexibility index (Phi) is 3.74. The Balaban J connectivity index is 2.31. The lowest BCUT2D eigenvalue weighted by molar-refractivity contribution is -0.118. The van der Waals surface area contributed by atoms with Crippen molar-refractivity contribution in [2.45, 2.75) is 27.2 Å². The van der Waals surface area contributed by atoms with Crippen molar-refractivity contribution in [2.24, 2.45) is 0 Å². The molecule has 3 nitrogen and oxygen atoms in total. The van der Waals surface area contributed by atoms with E-state index in [2.05, 4.69) is 22.8 Å². The normalized spacial score (nSPS) is 10.2. The highest BCUT2D eigenvalue weighted by atomic mass is 16.1. The van der Waals surface area contributed by atoms with Gasteiger partial charge in [0, 0.05) is 31.3 Å². The lowest BCUT2D eigenvalue weighted by atomic mass is 10.1. The van der Waals surface area contributed by atoms with Gasteiger partial charge in [-0.25, -0.2) is 0 Å². The van der Waals surface area contributed by atoms with Crippen LogP contribution in [0.15, 0.2) is 6.07 Å². The Labute approximate surface area is 84.9 Å². The summed E-state index contributed by atoms with van der Waals surface area (Å²) < 4.78 is 0. The number of amides is 1. The second-order valence-electron chi connectivity index (χ2n) is 3.40. The third-order valence-electron chi connectivity index (χ3n) is 1.96.